The van der Waals surface area contributed by atoms with Crippen LogP contribution < -0.4 is 0 Å². The van der Waals surface area contributed by atoms with Crippen LogP contribution in [0.2, 0.25) is 0 Å². The van der Waals surface area contributed by atoms with Crippen molar-refractivity contribution in [2.24, 2.45) is 0 Å². The Bertz CT molecular complexity index is 239. The molecule has 17 heavy (non-hydrogen) atoms. The van der Waals surface area contributed by atoms with E-state index in [2.05, 4.69) is 4.52 Å². The molecule has 104 valence electrons. The molecule has 0 aliphatic rings. The summed E-state index contributed by atoms with van der Waals surface area (Å²) in [6.45, 7) is 5.32. The van der Waals surface area contributed by atoms with Gasteiger partial charge in [0.15, 0.2) is 0 Å². The van der Waals surface area contributed by atoms with Crippen molar-refractivity contribution >= 4 is 7.82 Å². The van der Waals surface area contributed by atoms with Crippen molar-refractivity contribution in [3.05, 3.63) is 0 Å². The summed E-state index contributed by atoms with van der Waals surface area (Å²) in [6.07, 6.45) is -1.19. The van der Waals surface area contributed by atoms with Gasteiger partial charge in [0.2, 0.25) is 0 Å². The summed E-state index contributed by atoms with van der Waals surface area (Å²) < 4.78 is 25.2. The molecule has 0 amide bonds. The molecule has 0 heterocycles. The van der Waals surface area contributed by atoms with Crippen LogP contribution in [-0.2, 0) is 18.6 Å². The number of aliphatic hydroxyl groups is 1. The highest BCUT2D eigenvalue weighted by Gasteiger charge is 2.16. The molecule has 0 aliphatic carbocycles. The highest BCUT2D eigenvalue weighted by atomic mass is 31.2. The molecule has 0 saturated heterocycles. The van der Waals surface area contributed by atoms with Gasteiger partial charge < -0.3 is 24.4 Å². The van der Waals surface area contributed by atoms with E-state index < -0.39 is 20.0 Å². The average molecular weight is 272 g/mol. The molecule has 0 spiro atoms. The van der Waals surface area contributed by atoms with Crippen molar-refractivity contribution in [3.63, 3.8) is 0 Å². The van der Waals surface area contributed by atoms with Gasteiger partial charge in [0.1, 0.15) is 0 Å². The quantitative estimate of drug-likeness (QED) is 0.518. The number of phosphoric acid groups is 1. The Morgan fingerprint density at radius 3 is 1.94 bits per heavy atom. The molecule has 0 bridgehead atoms. The molecule has 8 heteroatoms. The smallest absolute Gasteiger partial charge is 0.391 e. The van der Waals surface area contributed by atoms with E-state index in [1.54, 1.807) is 20.8 Å². The fourth-order valence-electron chi connectivity index (χ4n) is 0.902. The summed E-state index contributed by atoms with van der Waals surface area (Å²) in [6, 6.07) is 0. The first-order valence-corrected chi connectivity index (χ1v) is 6.85. The average Bonchev–Trinajstić information content (AvgIpc) is 2.19. The number of hydrogen-bond donors (Lipinski definition) is 3. The van der Waals surface area contributed by atoms with Crippen molar-refractivity contribution in [3.8, 4) is 0 Å². The molecule has 0 aromatic carbocycles. The van der Waals surface area contributed by atoms with E-state index >= 15 is 0 Å². The number of aliphatic hydroxyl groups excluding tert-OH is 1. The van der Waals surface area contributed by atoms with Gasteiger partial charge in [-0.05, 0) is 20.8 Å². The minimum absolute atomic E-state index is 0.187. The Balaban J connectivity index is 3.62. The van der Waals surface area contributed by atoms with Crippen LogP contribution in [0.15, 0.2) is 0 Å². The number of rotatable bonds is 9. The zero-order valence-corrected chi connectivity index (χ0v) is 11.2. The molecule has 0 fully saturated rings. The summed E-state index contributed by atoms with van der Waals surface area (Å²) in [5.74, 6) is 0. The lowest BCUT2D eigenvalue weighted by atomic mass is 10.4. The third-order valence-electron chi connectivity index (χ3n) is 1.71. The minimum atomic E-state index is -4.44. The predicted molar refractivity (Wildman–Crippen MR) is 60.5 cm³/mol. The monoisotopic (exact) mass is 272 g/mol. The predicted octanol–water partition coefficient (Wildman–Crippen LogP) is 0.287. The van der Waals surface area contributed by atoms with E-state index in [9.17, 15) is 4.57 Å². The first-order valence-electron chi connectivity index (χ1n) is 5.32. The highest BCUT2D eigenvalue weighted by Crippen LogP contribution is 2.35. The molecular weight excluding hydrogens is 251 g/mol. The van der Waals surface area contributed by atoms with E-state index in [0.717, 1.165) is 0 Å². The Morgan fingerprint density at radius 1 is 1.00 bits per heavy atom. The van der Waals surface area contributed by atoms with Gasteiger partial charge in [-0.2, -0.15) is 0 Å². The standard InChI is InChI=1S/C9H21O7P/c1-7(10)4-14-8(2)5-15-9(3)6-16-17(11,12)13/h7-10H,4-6H2,1-3H3,(H2,11,12,13). The zero-order valence-electron chi connectivity index (χ0n) is 10.3. The summed E-state index contributed by atoms with van der Waals surface area (Å²) in [5, 5.41) is 8.98. The molecule has 0 saturated carbocycles. The minimum Gasteiger partial charge on any atom is -0.391 e. The molecule has 3 atom stereocenters. The molecule has 0 rings (SSSR count). The first kappa shape index (κ1) is 17.0. The summed E-state index contributed by atoms with van der Waals surface area (Å²) >= 11 is 0. The second kappa shape index (κ2) is 8.16. The van der Waals surface area contributed by atoms with Gasteiger partial charge in [-0.3, -0.25) is 4.52 Å². The number of ether oxygens (including phenoxy) is 2. The van der Waals surface area contributed by atoms with Gasteiger partial charge >= 0.3 is 7.82 Å². The molecule has 3 N–H and O–H groups in total. The van der Waals surface area contributed by atoms with Crippen molar-refractivity contribution in [2.45, 2.75) is 39.1 Å². The van der Waals surface area contributed by atoms with Crippen molar-refractivity contribution in [2.75, 3.05) is 19.8 Å². The zero-order chi connectivity index (χ0) is 13.5. The third-order valence-corrected chi connectivity index (χ3v) is 2.20. The second-order valence-corrected chi connectivity index (χ2v) is 5.16. The van der Waals surface area contributed by atoms with Crippen molar-refractivity contribution in [1.29, 1.82) is 0 Å². The molecular formula is C9H21O7P. The van der Waals surface area contributed by atoms with Gasteiger partial charge in [-0.15, -0.1) is 0 Å². The highest BCUT2D eigenvalue weighted by molar-refractivity contribution is 7.46. The van der Waals surface area contributed by atoms with Crippen LogP contribution in [0.25, 0.3) is 0 Å². The van der Waals surface area contributed by atoms with Crippen LogP contribution in [0, 0.1) is 0 Å². The van der Waals surface area contributed by atoms with Gasteiger partial charge in [-0.1, -0.05) is 0 Å². The first-order chi connectivity index (χ1) is 7.70. The third kappa shape index (κ3) is 12.2. The SMILES string of the molecule is CC(O)COC(C)COC(C)COP(=O)(O)O. The van der Waals surface area contributed by atoms with Crippen molar-refractivity contribution in [1.82, 2.24) is 0 Å². The van der Waals surface area contributed by atoms with E-state index in [0.29, 0.717) is 0 Å². The Hall–Kier alpha value is -0.0100. The van der Waals surface area contributed by atoms with Crippen LogP contribution in [0.5, 0.6) is 0 Å². The molecule has 7 nitrogen and oxygen atoms in total. The lowest BCUT2D eigenvalue weighted by Gasteiger charge is -2.18. The number of hydrogen-bond acceptors (Lipinski definition) is 5. The fourth-order valence-corrected chi connectivity index (χ4v) is 1.31. The van der Waals surface area contributed by atoms with Gasteiger partial charge in [0.25, 0.3) is 0 Å². The molecule has 0 aromatic rings. The maximum Gasteiger partial charge on any atom is 0.469 e. The lowest BCUT2D eigenvalue weighted by molar-refractivity contribution is -0.0615. The maximum absolute atomic E-state index is 10.4. The summed E-state index contributed by atoms with van der Waals surface area (Å²) in [7, 11) is -4.44. The Kier molecular flexibility index (Phi) is 8.15. The molecule has 0 aliphatic heterocycles. The van der Waals surface area contributed by atoms with E-state index in [4.69, 9.17) is 24.4 Å². The summed E-state index contributed by atoms with van der Waals surface area (Å²) in [5.41, 5.74) is 0. The molecule has 0 radical (unpaired) electrons. The van der Waals surface area contributed by atoms with Gasteiger partial charge in [-0.25, -0.2) is 4.57 Å². The van der Waals surface area contributed by atoms with Crippen LogP contribution in [0.4, 0.5) is 0 Å². The van der Waals surface area contributed by atoms with Crippen LogP contribution in [0.3, 0.4) is 0 Å². The van der Waals surface area contributed by atoms with Crippen LogP contribution >= 0.6 is 7.82 Å². The summed E-state index contributed by atoms with van der Waals surface area (Å²) in [4.78, 5) is 16.9. The Labute approximate surface area is 101 Å². The lowest BCUT2D eigenvalue weighted by Crippen LogP contribution is -2.25. The topological polar surface area (TPSA) is 105 Å². The fraction of sp³-hybridized carbons (Fsp3) is 1.00. The maximum atomic E-state index is 10.4. The van der Waals surface area contributed by atoms with Crippen molar-refractivity contribution < 1.29 is 33.5 Å². The van der Waals surface area contributed by atoms with Crippen LogP contribution in [-0.4, -0.2) is 53.0 Å². The normalized spacial score (nSPS) is 17.8. The van der Waals surface area contributed by atoms with Gasteiger partial charge in [0, 0.05) is 0 Å². The largest absolute Gasteiger partial charge is 0.469 e. The molecule has 3 unspecified atom stereocenters. The number of phosphoric ester groups is 1. The Morgan fingerprint density at radius 2 is 1.47 bits per heavy atom. The van der Waals surface area contributed by atoms with E-state index in [-0.39, 0.29) is 25.9 Å². The van der Waals surface area contributed by atoms with Gasteiger partial charge in [0.05, 0.1) is 38.1 Å². The second-order valence-electron chi connectivity index (χ2n) is 3.92. The van der Waals surface area contributed by atoms with E-state index in [1.165, 1.54) is 0 Å². The molecule has 0 aromatic heterocycles. The van der Waals surface area contributed by atoms with E-state index in [1.807, 2.05) is 0 Å². The van der Waals surface area contributed by atoms with Crippen LogP contribution in [0.1, 0.15) is 20.8 Å².